The van der Waals surface area contributed by atoms with Gasteiger partial charge in [0.25, 0.3) is 15.9 Å². The van der Waals surface area contributed by atoms with Crippen LogP contribution in [0, 0.1) is 5.92 Å². The molecule has 3 aliphatic heterocycles. The highest BCUT2D eigenvalue weighted by atomic mass is 32.2. The number of carbonyl (C=O) groups excluding carboxylic acids is 1. The molecule has 2 aromatic carbocycles. The number of piperidine rings is 1. The molecule has 8 heteroatoms. The van der Waals surface area contributed by atoms with Crippen LogP contribution in [0.4, 0.5) is 0 Å². The fourth-order valence-corrected chi connectivity index (χ4v) is 7.39. The van der Waals surface area contributed by atoms with E-state index in [4.69, 9.17) is 9.47 Å². The number of hydrogen-bond acceptors (Lipinski definition) is 6. The van der Waals surface area contributed by atoms with Crippen LogP contribution in [-0.2, 0) is 20.2 Å². The Morgan fingerprint density at radius 2 is 1.97 bits per heavy atom. The molecule has 37 heavy (non-hydrogen) atoms. The van der Waals surface area contributed by atoms with E-state index in [2.05, 4.69) is 24.8 Å². The fourth-order valence-electron chi connectivity index (χ4n) is 5.96. The summed E-state index contributed by atoms with van der Waals surface area (Å²) in [5.74, 6) is 0.479. The van der Waals surface area contributed by atoms with Crippen molar-refractivity contribution in [1.82, 2.24) is 9.21 Å². The zero-order valence-electron chi connectivity index (χ0n) is 21.9. The molecule has 7 nitrogen and oxygen atoms in total. The third-order valence-corrected chi connectivity index (χ3v) is 10.4. The Kier molecular flexibility index (Phi) is 7.61. The number of benzene rings is 2. The molecule has 3 aliphatic rings. The van der Waals surface area contributed by atoms with Gasteiger partial charge in [0.05, 0.1) is 11.7 Å². The lowest BCUT2D eigenvalue weighted by atomic mass is 9.68. The Bertz CT molecular complexity index is 1230. The maximum atomic E-state index is 12.8. The second-order valence-electron chi connectivity index (χ2n) is 11.0. The highest BCUT2D eigenvalue weighted by Gasteiger charge is 2.41. The Balaban J connectivity index is 1.18. The van der Waals surface area contributed by atoms with E-state index < -0.39 is 15.9 Å². The lowest BCUT2D eigenvalue weighted by Crippen LogP contribution is -2.47. The number of nitrogens with zero attached hydrogens (tertiary/aromatic N) is 2. The van der Waals surface area contributed by atoms with Crippen LogP contribution in [-0.4, -0.2) is 62.6 Å². The van der Waals surface area contributed by atoms with Gasteiger partial charge < -0.3 is 14.4 Å². The molecule has 200 valence electrons. The highest BCUT2D eigenvalue weighted by Crippen LogP contribution is 2.40. The number of ether oxygens (including phenoxy) is 2. The lowest BCUT2D eigenvalue weighted by molar-refractivity contribution is 0.00721. The average molecular weight is 527 g/mol. The number of amides is 1. The highest BCUT2D eigenvalue weighted by molar-refractivity contribution is 7.90. The summed E-state index contributed by atoms with van der Waals surface area (Å²) in [6, 6.07) is 14.2. The van der Waals surface area contributed by atoms with Crippen LogP contribution in [0.1, 0.15) is 68.3 Å². The van der Waals surface area contributed by atoms with E-state index in [1.54, 1.807) is 12.1 Å². The first kappa shape index (κ1) is 26.2. The van der Waals surface area contributed by atoms with Gasteiger partial charge in [-0.2, -0.15) is 4.31 Å². The molecule has 0 bridgehead atoms. The van der Waals surface area contributed by atoms with E-state index in [-0.39, 0.29) is 22.6 Å². The van der Waals surface area contributed by atoms with Gasteiger partial charge >= 0.3 is 0 Å². The van der Waals surface area contributed by atoms with Crippen LogP contribution in [0.5, 0.6) is 5.75 Å². The average Bonchev–Trinajstić information content (AvgIpc) is 3.10. The fraction of sp³-hybridized carbons (Fsp3) is 0.552. The zero-order valence-corrected chi connectivity index (χ0v) is 22.7. The van der Waals surface area contributed by atoms with Crippen molar-refractivity contribution in [2.75, 3.05) is 33.0 Å². The molecule has 0 aromatic heterocycles. The van der Waals surface area contributed by atoms with Gasteiger partial charge in [0.2, 0.25) is 0 Å². The van der Waals surface area contributed by atoms with Crippen LogP contribution in [0.3, 0.4) is 0 Å². The molecule has 0 N–H and O–H groups in total. The molecule has 0 spiro atoms. The van der Waals surface area contributed by atoms with Gasteiger partial charge in [-0.1, -0.05) is 38.1 Å². The number of fused-ring (bicyclic) bond motifs is 1. The summed E-state index contributed by atoms with van der Waals surface area (Å²) in [5, 5.41) is 0. The quantitative estimate of drug-likeness (QED) is 0.491. The molecular formula is C29H38N2O5S. The van der Waals surface area contributed by atoms with Gasteiger partial charge in [-0.25, -0.2) is 8.42 Å². The Labute approximate surface area is 220 Å². The molecule has 3 atom stereocenters. The predicted molar refractivity (Wildman–Crippen MR) is 142 cm³/mol. The van der Waals surface area contributed by atoms with E-state index in [0.717, 1.165) is 43.4 Å². The van der Waals surface area contributed by atoms with E-state index in [1.165, 1.54) is 43.4 Å². The Hall–Kier alpha value is -2.42. The largest absolute Gasteiger partial charge is 0.472 e. The van der Waals surface area contributed by atoms with Crippen LogP contribution >= 0.6 is 0 Å². The number of likely N-dealkylation sites (tertiary alicyclic amines) is 1. The van der Waals surface area contributed by atoms with Crippen molar-refractivity contribution in [3.05, 3.63) is 59.7 Å². The van der Waals surface area contributed by atoms with Gasteiger partial charge in [0, 0.05) is 13.2 Å². The van der Waals surface area contributed by atoms with Crippen LogP contribution in [0.15, 0.2) is 53.4 Å². The van der Waals surface area contributed by atoms with Gasteiger partial charge in [-0.05, 0) is 92.8 Å². The van der Waals surface area contributed by atoms with Crippen molar-refractivity contribution in [1.29, 1.82) is 0 Å². The van der Waals surface area contributed by atoms with Crippen molar-refractivity contribution >= 4 is 15.9 Å². The smallest absolute Gasteiger partial charge is 0.271 e. The van der Waals surface area contributed by atoms with E-state index in [9.17, 15) is 13.2 Å². The lowest BCUT2D eigenvalue weighted by Gasteiger charge is -2.45. The topological polar surface area (TPSA) is 76.2 Å². The van der Waals surface area contributed by atoms with E-state index in [1.807, 2.05) is 18.2 Å². The number of carbonyl (C=O) groups is 1. The SMILES string of the molecule is C[C@H]1CN(CCCC2CCCCO2)CC[C@]1(C)c1cccc(OCN2C(=O)c3ccccc3S2(=O)=O)c1. The summed E-state index contributed by atoms with van der Waals surface area (Å²) in [6.07, 6.45) is 7.54. The van der Waals surface area contributed by atoms with Gasteiger partial charge in [0.15, 0.2) is 6.73 Å². The molecule has 5 rings (SSSR count). The first-order valence-corrected chi connectivity index (χ1v) is 15.0. The van der Waals surface area contributed by atoms with Crippen molar-refractivity contribution in [3.8, 4) is 5.75 Å². The minimum atomic E-state index is -3.89. The van der Waals surface area contributed by atoms with Gasteiger partial charge in [-0.15, -0.1) is 0 Å². The maximum Gasteiger partial charge on any atom is 0.271 e. The van der Waals surface area contributed by atoms with Crippen LogP contribution in [0.2, 0.25) is 0 Å². The van der Waals surface area contributed by atoms with Crippen molar-refractivity contribution in [2.45, 2.75) is 68.8 Å². The second-order valence-corrected chi connectivity index (χ2v) is 12.8. The number of sulfonamides is 1. The first-order valence-electron chi connectivity index (χ1n) is 13.5. The molecule has 1 amide bonds. The normalized spacial score (nSPS) is 27.7. The van der Waals surface area contributed by atoms with Crippen LogP contribution < -0.4 is 4.74 Å². The Morgan fingerprint density at radius 1 is 1.14 bits per heavy atom. The summed E-state index contributed by atoms with van der Waals surface area (Å²) < 4.78 is 38.2. The minimum absolute atomic E-state index is 0.00583. The molecule has 1 unspecified atom stereocenters. The van der Waals surface area contributed by atoms with Crippen molar-refractivity contribution in [2.24, 2.45) is 5.92 Å². The third kappa shape index (κ3) is 5.29. The summed E-state index contributed by atoms with van der Waals surface area (Å²) in [6.45, 7) is 8.42. The molecular weight excluding hydrogens is 488 g/mol. The summed E-state index contributed by atoms with van der Waals surface area (Å²) in [4.78, 5) is 15.3. The van der Waals surface area contributed by atoms with Crippen molar-refractivity contribution < 1.29 is 22.7 Å². The van der Waals surface area contributed by atoms with Crippen molar-refractivity contribution in [3.63, 3.8) is 0 Å². The maximum absolute atomic E-state index is 12.8. The number of rotatable bonds is 8. The molecule has 2 saturated heterocycles. The summed E-state index contributed by atoms with van der Waals surface area (Å²) in [7, 11) is -3.89. The standard InChI is InChI=1S/C29H38N2O5S/c1-22-20-30(16-8-12-24-10-5-6-18-35-24)17-15-29(22,2)23-9-7-11-25(19-23)36-21-31-28(32)26-13-3-4-14-27(26)37(31,33)34/h3-4,7,9,11,13-14,19,22,24H,5-6,8,10,12,15-18,20-21H2,1-2H3/t22-,24?,29-/m0/s1. The molecule has 0 aliphatic carbocycles. The molecule has 3 heterocycles. The monoisotopic (exact) mass is 526 g/mol. The first-order chi connectivity index (χ1) is 17.8. The summed E-state index contributed by atoms with van der Waals surface area (Å²) in [5.41, 5.74) is 1.37. The third-order valence-electron chi connectivity index (χ3n) is 8.60. The Morgan fingerprint density at radius 3 is 2.73 bits per heavy atom. The molecule has 2 aromatic rings. The second kappa shape index (κ2) is 10.8. The molecule has 0 radical (unpaired) electrons. The number of hydrogen-bond donors (Lipinski definition) is 0. The van der Waals surface area contributed by atoms with Gasteiger partial charge in [-0.3, -0.25) is 4.79 Å². The van der Waals surface area contributed by atoms with Crippen LogP contribution in [0.25, 0.3) is 0 Å². The predicted octanol–water partition coefficient (Wildman–Crippen LogP) is 4.82. The van der Waals surface area contributed by atoms with Gasteiger partial charge in [0.1, 0.15) is 10.6 Å². The summed E-state index contributed by atoms with van der Waals surface area (Å²) >= 11 is 0. The minimum Gasteiger partial charge on any atom is -0.472 e. The zero-order chi connectivity index (χ0) is 26.0. The van der Waals surface area contributed by atoms with E-state index >= 15 is 0 Å². The van der Waals surface area contributed by atoms with E-state index in [0.29, 0.717) is 17.8 Å². The molecule has 0 saturated carbocycles. The molecule has 2 fully saturated rings.